The first kappa shape index (κ1) is 15.6. The molecule has 0 aliphatic heterocycles. The molecule has 1 N–H and O–H groups in total. The maximum absolute atomic E-state index is 12.0. The molecule has 16 heavy (non-hydrogen) atoms. The van der Waals surface area contributed by atoms with Gasteiger partial charge in [-0.05, 0) is 25.3 Å². The first-order valence-corrected chi connectivity index (χ1v) is 6.86. The molecule has 0 saturated heterocycles. The summed E-state index contributed by atoms with van der Waals surface area (Å²) in [7, 11) is -0.753. The van der Waals surface area contributed by atoms with Crippen LogP contribution in [0.4, 0.5) is 0 Å². The van der Waals surface area contributed by atoms with Gasteiger partial charge >= 0.3 is 7.60 Å². The molecule has 0 aromatic rings. The van der Waals surface area contributed by atoms with E-state index in [9.17, 15) is 4.57 Å². The van der Waals surface area contributed by atoms with Gasteiger partial charge in [0.05, 0.1) is 6.61 Å². The Kier molecular flexibility index (Phi) is 7.65. The van der Waals surface area contributed by atoms with Gasteiger partial charge in [0, 0.05) is 14.2 Å². The molecule has 0 amide bonds. The first-order chi connectivity index (χ1) is 7.53. The zero-order chi connectivity index (χ0) is 12.6. The van der Waals surface area contributed by atoms with Crippen LogP contribution in [0.2, 0.25) is 0 Å². The van der Waals surface area contributed by atoms with Crippen molar-refractivity contribution in [1.29, 1.82) is 0 Å². The number of rotatable bonds is 7. The van der Waals surface area contributed by atoms with Crippen molar-refractivity contribution in [3.8, 4) is 0 Å². The van der Waals surface area contributed by atoms with Gasteiger partial charge in [0.1, 0.15) is 5.31 Å². The Morgan fingerprint density at radius 1 is 1.38 bits per heavy atom. The summed E-state index contributed by atoms with van der Waals surface area (Å²) in [6.45, 7) is 3.61. The van der Waals surface area contributed by atoms with Crippen molar-refractivity contribution < 1.29 is 18.7 Å². The van der Waals surface area contributed by atoms with E-state index < -0.39 is 7.60 Å². The maximum atomic E-state index is 12.0. The van der Waals surface area contributed by atoms with Crippen LogP contribution in [0.25, 0.3) is 0 Å². The zero-order valence-corrected chi connectivity index (χ0v) is 11.3. The van der Waals surface area contributed by atoms with Crippen molar-refractivity contribution in [3.05, 3.63) is 16.6 Å². The Hall–Kier alpha value is -0.370. The van der Waals surface area contributed by atoms with Crippen LogP contribution in [-0.2, 0) is 13.6 Å². The number of aliphatic hydroxyl groups is 1. The molecule has 5 heteroatoms. The van der Waals surface area contributed by atoms with E-state index in [1.54, 1.807) is 0 Å². The highest BCUT2D eigenvalue weighted by molar-refractivity contribution is 7.58. The molecular formula is C11H21O4P. The van der Waals surface area contributed by atoms with Crippen molar-refractivity contribution in [2.24, 2.45) is 0 Å². The molecule has 94 valence electrons. The molecule has 0 unspecified atom stereocenters. The van der Waals surface area contributed by atoms with Crippen LogP contribution in [0.15, 0.2) is 16.6 Å². The highest BCUT2D eigenvalue weighted by Gasteiger charge is 2.26. The van der Waals surface area contributed by atoms with E-state index in [0.717, 1.165) is 24.8 Å². The second-order valence-electron chi connectivity index (χ2n) is 3.48. The Morgan fingerprint density at radius 2 is 1.94 bits per heavy atom. The number of aliphatic hydroxyl groups excluding tert-OH is 1. The second-order valence-corrected chi connectivity index (χ2v) is 5.74. The largest absolute Gasteiger partial charge is 0.391 e. The van der Waals surface area contributed by atoms with Crippen molar-refractivity contribution in [2.45, 2.75) is 33.1 Å². The lowest BCUT2D eigenvalue weighted by Gasteiger charge is -2.13. The molecule has 0 heterocycles. The molecule has 0 atom stereocenters. The van der Waals surface area contributed by atoms with Gasteiger partial charge in [-0.15, -0.1) is 5.73 Å². The van der Waals surface area contributed by atoms with Gasteiger partial charge in [0.25, 0.3) is 0 Å². The SMILES string of the molecule is CCCCC(C)=C=C(CO)P(=O)(OC)OC. The fourth-order valence-corrected chi connectivity index (χ4v) is 2.33. The number of hydrogen-bond donors (Lipinski definition) is 1. The molecule has 0 aliphatic rings. The summed E-state index contributed by atoms with van der Waals surface area (Å²) in [4.78, 5) is 0. The maximum Gasteiger partial charge on any atom is 0.366 e. The van der Waals surface area contributed by atoms with Gasteiger partial charge in [-0.25, -0.2) is 0 Å². The molecule has 0 rings (SSSR count). The molecule has 0 spiro atoms. The van der Waals surface area contributed by atoms with E-state index in [-0.39, 0.29) is 11.9 Å². The van der Waals surface area contributed by atoms with E-state index in [1.807, 2.05) is 6.92 Å². The Morgan fingerprint density at radius 3 is 2.31 bits per heavy atom. The lowest BCUT2D eigenvalue weighted by atomic mass is 10.1. The number of unbranched alkanes of at least 4 members (excludes halogenated alkanes) is 1. The standard InChI is InChI=1S/C11H21O4P/c1-5-6-7-10(2)8-11(9-12)16(13,14-3)15-4/h12H,5-7,9H2,1-4H3. The minimum atomic E-state index is -3.34. The van der Waals surface area contributed by atoms with Crippen LogP contribution in [-0.4, -0.2) is 25.9 Å². The third kappa shape index (κ3) is 4.65. The van der Waals surface area contributed by atoms with Crippen molar-refractivity contribution >= 4 is 7.60 Å². The van der Waals surface area contributed by atoms with Gasteiger partial charge in [-0.1, -0.05) is 13.3 Å². The van der Waals surface area contributed by atoms with Crippen LogP contribution in [0.5, 0.6) is 0 Å². The molecule has 0 aromatic heterocycles. The Labute approximate surface area is 97.5 Å². The van der Waals surface area contributed by atoms with Crippen LogP contribution in [0.3, 0.4) is 0 Å². The minimum absolute atomic E-state index is 0.186. The first-order valence-electron chi connectivity index (χ1n) is 5.32. The highest BCUT2D eigenvalue weighted by Crippen LogP contribution is 2.54. The van der Waals surface area contributed by atoms with Crippen molar-refractivity contribution in [3.63, 3.8) is 0 Å². The van der Waals surface area contributed by atoms with Gasteiger partial charge in [-0.2, -0.15) is 0 Å². The second kappa shape index (κ2) is 7.83. The Balaban J connectivity index is 5.10. The van der Waals surface area contributed by atoms with E-state index >= 15 is 0 Å². The third-order valence-corrected chi connectivity index (χ3v) is 4.10. The van der Waals surface area contributed by atoms with Crippen LogP contribution >= 0.6 is 7.60 Å². The smallest absolute Gasteiger partial charge is 0.366 e. The normalized spacial score (nSPS) is 11.1. The number of hydrogen-bond acceptors (Lipinski definition) is 4. The van der Waals surface area contributed by atoms with Crippen LogP contribution in [0.1, 0.15) is 33.1 Å². The summed E-state index contributed by atoms with van der Waals surface area (Å²) in [5.41, 5.74) is 3.86. The Bertz CT molecular complexity index is 308. The van der Waals surface area contributed by atoms with E-state index in [2.05, 4.69) is 12.7 Å². The quantitative estimate of drug-likeness (QED) is 0.555. The van der Waals surface area contributed by atoms with Gasteiger partial charge in [0.2, 0.25) is 0 Å². The molecule has 0 radical (unpaired) electrons. The van der Waals surface area contributed by atoms with Gasteiger partial charge in [-0.3, -0.25) is 4.57 Å². The minimum Gasteiger partial charge on any atom is -0.391 e. The molecule has 0 saturated carbocycles. The van der Waals surface area contributed by atoms with Crippen LogP contribution in [0, 0.1) is 0 Å². The van der Waals surface area contributed by atoms with Crippen molar-refractivity contribution in [1.82, 2.24) is 0 Å². The predicted octanol–water partition coefficient (Wildman–Crippen LogP) is 3.08. The average Bonchev–Trinajstić information content (AvgIpc) is 2.32. The highest BCUT2D eigenvalue weighted by atomic mass is 31.2. The van der Waals surface area contributed by atoms with E-state index in [1.165, 1.54) is 14.2 Å². The summed E-state index contributed by atoms with van der Waals surface area (Å²) >= 11 is 0. The lowest BCUT2D eigenvalue weighted by Crippen LogP contribution is -1.96. The topological polar surface area (TPSA) is 55.8 Å². The lowest BCUT2D eigenvalue weighted by molar-refractivity contribution is 0.270. The molecule has 4 nitrogen and oxygen atoms in total. The van der Waals surface area contributed by atoms with Gasteiger partial charge < -0.3 is 14.2 Å². The monoisotopic (exact) mass is 248 g/mol. The van der Waals surface area contributed by atoms with E-state index in [0.29, 0.717) is 0 Å². The molecule has 0 fully saturated rings. The third-order valence-electron chi connectivity index (χ3n) is 2.22. The molecule has 0 aromatic carbocycles. The van der Waals surface area contributed by atoms with E-state index in [4.69, 9.17) is 14.2 Å². The van der Waals surface area contributed by atoms with Gasteiger partial charge in [0.15, 0.2) is 0 Å². The summed E-state index contributed by atoms with van der Waals surface area (Å²) in [5, 5.41) is 9.34. The molecule has 0 bridgehead atoms. The fraction of sp³-hybridized carbons (Fsp3) is 0.727. The van der Waals surface area contributed by atoms with Crippen LogP contribution < -0.4 is 0 Å². The molecule has 0 aliphatic carbocycles. The molecular weight excluding hydrogens is 227 g/mol. The predicted molar refractivity (Wildman–Crippen MR) is 64.4 cm³/mol. The average molecular weight is 248 g/mol. The summed E-state index contributed by atoms with van der Waals surface area (Å²) in [5.74, 6) is 0. The van der Waals surface area contributed by atoms with Crippen molar-refractivity contribution in [2.75, 3.05) is 20.8 Å². The summed E-state index contributed by atoms with van der Waals surface area (Å²) in [6, 6.07) is 0. The summed E-state index contributed by atoms with van der Waals surface area (Å²) in [6.07, 6.45) is 2.99. The zero-order valence-electron chi connectivity index (χ0n) is 10.4. The summed E-state index contributed by atoms with van der Waals surface area (Å²) < 4.78 is 21.6. The fourth-order valence-electron chi connectivity index (χ4n) is 1.24.